The molecule has 0 N–H and O–H groups in total. The second-order valence-electron chi connectivity index (χ2n) is 4.68. The van der Waals surface area contributed by atoms with Gasteiger partial charge < -0.3 is 0 Å². The second kappa shape index (κ2) is 6.08. The zero-order valence-corrected chi connectivity index (χ0v) is 11.6. The summed E-state index contributed by atoms with van der Waals surface area (Å²) in [6.45, 7) is 11.4. The van der Waals surface area contributed by atoms with E-state index in [4.69, 9.17) is 0 Å². The van der Waals surface area contributed by atoms with Gasteiger partial charge in [-0.25, -0.2) is 0 Å². The third-order valence-corrected chi connectivity index (χ3v) is 3.67. The average molecular weight is 218 g/mol. The standard InChI is InChI=1S/C16H26/c1-6-13-10-12(5)11-14(7-2)16(9-4)15(13)8-3/h10-11,15H,6-9H2,1-5H3. The van der Waals surface area contributed by atoms with Crippen LogP contribution in [0.2, 0.25) is 0 Å². The molecule has 1 aliphatic rings. The van der Waals surface area contributed by atoms with E-state index < -0.39 is 0 Å². The summed E-state index contributed by atoms with van der Waals surface area (Å²) in [5, 5.41) is 0. The van der Waals surface area contributed by atoms with Crippen LogP contribution in [0.25, 0.3) is 0 Å². The van der Waals surface area contributed by atoms with E-state index in [-0.39, 0.29) is 0 Å². The van der Waals surface area contributed by atoms with Crippen molar-refractivity contribution in [1.29, 1.82) is 0 Å². The van der Waals surface area contributed by atoms with Gasteiger partial charge in [0, 0.05) is 5.92 Å². The molecule has 1 rings (SSSR count). The molecule has 0 bridgehead atoms. The molecule has 0 heterocycles. The Morgan fingerprint density at radius 1 is 0.938 bits per heavy atom. The van der Waals surface area contributed by atoms with Crippen LogP contribution < -0.4 is 0 Å². The molecule has 0 spiro atoms. The molecule has 0 aromatic heterocycles. The Morgan fingerprint density at radius 2 is 1.62 bits per heavy atom. The van der Waals surface area contributed by atoms with Crippen molar-refractivity contribution in [3.63, 3.8) is 0 Å². The van der Waals surface area contributed by atoms with Crippen LogP contribution in [0.3, 0.4) is 0 Å². The van der Waals surface area contributed by atoms with Crippen LogP contribution in [-0.2, 0) is 0 Å². The highest BCUT2D eigenvalue weighted by molar-refractivity contribution is 5.42. The first-order valence-electron chi connectivity index (χ1n) is 6.78. The molecule has 1 atom stereocenters. The van der Waals surface area contributed by atoms with Gasteiger partial charge in [0.1, 0.15) is 0 Å². The Bertz CT molecular complexity index is 326. The Hall–Kier alpha value is -0.780. The van der Waals surface area contributed by atoms with Crippen molar-refractivity contribution in [2.75, 3.05) is 0 Å². The summed E-state index contributed by atoms with van der Waals surface area (Å²) in [6, 6.07) is 0. The summed E-state index contributed by atoms with van der Waals surface area (Å²) in [7, 11) is 0. The van der Waals surface area contributed by atoms with E-state index in [1.54, 1.807) is 16.7 Å². The maximum Gasteiger partial charge on any atom is 0.00131 e. The van der Waals surface area contributed by atoms with Crippen molar-refractivity contribution >= 4 is 0 Å². The molecule has 0 radical (unpaired) electrons. The van der Waals surface area contributed by atoms with Crippen molar-refractivity contribution in [1.82, 2.24) is 0 Å². The number of rotatable bonds is 4. The SMILES string of the molecule is CCC1=CC(C)=CC(CC)=C(CC)C1CC. The van der Waals surface area contributed by atoms with Gasteiger partial charge in [-0.15, -0.1) is 0 Å². The molecule has 1 aliphatic carbocycles. The number of allylic oxidation sites excluding steroid dienone is 6. The molecule has 16 heavy (non-hydrogen) atoms. The fraction of sp³-hybridized carbons (Fsp3) is 0.625. The summed E-state index contributed by atoms with van der Waals surface area (Å²) in [5.41, 5.74) is 6.30. The Balaban J connectivity index is 3.26. The van der Waals surface area contributed by atoms with Crippen LogP contribution in [0.4, 0.5) is 0 Å². The lowest BCUT2D eigenvalue weighted by atomic mass is 9.83. The van der Waals surface area contributed by atoms with E-state index in [2.05, 4.69) is 46.8 Å². The molecule has 0 aromatic carbocycles. The molecule has 90 valence electrons. The van der Waals surface area contributed by atoms with Gasteiger partial charge in [-0.2, -0.15) is 0 Å². The van der Waals surface area contributed by atoms with Crippen molar-refractivity contribution in [3.8, 4) is 0 Å². The Labute approximate surface area is 101 Å². The lowest BCUT2D eigenvalue weighted by Crippen LogP contribution is -2.07. The first-order valence-corrected chi connectivity index (χ1v) is 6.78. The predicted molar refractivity (Wildman–Crippen MR) is 73.5 cm³/mol. The monoisotopic (exact) mass is 218 g/mol. The third kappa shape index (κ3) is 2.66. The highest BCUT2D eigenvalue weighted by atomic mass is 14.2. The lowest BCUT2D eigenvalue weighted by Gasteiger charge is -2.22. The number of hydrogen-bond acceptors (Lipinski definition) is 0. The molecule has 0 amide bonds. The first-order chi connectivity index (χ1) is 7.67. The number of hydrogen-bond donors (Lipinski definition) is 0. The molecule has 0 aromatic rings. The summed E-state index contributed by atoms with van der Waals surface area (Å²) in [4.78, 5) is 0. The lowest BCUT2D eigenvalue weighted by molar-refractivity contribution is 0.633. The smallest absolute Gasteiger partial charge is 0.00131 e. The van der Waals surface area contributed by atoms with Crippen LogP contribution in [-0.4, -0.2) is 0 Å². The minimum atomic E-state index is 0.693. The molecule has 0 saturated heterocycles. The summed E-state index contributed by atoms with van der Waals surface area (Å²) < 4.78 is 0. The van der Waals surface area contributed by atoms with Crippen molar-refractivity contribution in [2.24, 2.45) is 5.92 Å². The summed E-state index contributed by atoms with van der Waals surface area (Å²) >= 11 is 0. The molecular formula is C16H26. The minimum absolute atomic E-state index is 0.693. The van der Waals surface area contributed by atoms with Crippen LogP contribution in [0.15, 0.2) is 34.4 Å². The van der Waals surface area contributed by atoms with Gasteiger partial charge in [-0.05, 0) is 38.2 Å². The largest absolute Gasteiger partial charge is 0.0645 e. The summed E-state index contributed by atoms with van der Waals surface area (Å²) in [5.74, 6) is 0.693. The normalized spacial score (nSPS) is 21.7. The van der Waals surface area contributed by atoms with Gasteiger partial charge in [0.2, 0.25) is 0 Å². The van der Waals surface area contributed by atoms with Crippen LogP contribution in [0.5, 0.6) is 0 Å². The first kappa shape index (κ1) is 13.3. The highest BCUT2D eigenvalue weighted by Gasteiger charge is 2.19. The van der Waals surface area contributed by atoms with Gasteiger partial charge >= 0.3 is 0 Å². The van der Waals surface area contributed by atoms with Crippen molar-refractivity contribution in [2.45, 2.75) is 60.3 Å². The van der Waals surface area contributed by atoms with Crippen LogP contribution in [0.1, 0.15) is 60.3 Å². The van der Waals surface area contributed by atoms with E-state index >= 15 is 0 Å². The Morgan fingerprint density at radius 3 is 2.06 bits per heavy atom. The second-order valence-corrected chi connectivity index (χ2v) is 4.68. The molecule has 0 aliphatic heterocycles. The van der Waals surface area contributed by atoms with Crippen molar-refractivity contribution in [3.05, 3.63) is 34.4 Å². The van der Waals surface area contributed by atoms with E-state index in [0.29, 0.717) is 5.92 Å². The zero-order chi connectivity index (χ0) is 12.1. The summed E-state index contributed by atoms with van der Waals surface area (Å²) in [6.07, 6.45) is 9.60. The predicted octanol–water partition coefficient (Wildman–Crippen LogP) is 5.43. The van der Waals surface area contributed by atoms with E-state index in [1.165, 1.54) is 31.3 Å². The molecule has 0 fully saturated rings. The van der Waals surface area contributed by atoms with Crippen LogP contribution in [0, 0.1) is 5.92 Å². The Kier molecular flexibility index (Phi) is 5.05. The van der Waals surface area contributed by atoms with Crippen LogP contribution >= 0.6 is 0 Å². The topological polar surface area (TPSA) is 0 Å². The average Bonchev–Trinajstić information content (AvgIpc) is 2.43. The fourth-order valence-corrected chi connectivity index (χ4v) is 2.91. The molecule has 1 unspecified atom stereocenters. The maximum absolute atomic E-state index is 2.41. The van der Waals surface area contributed by atoms with E-state index in [9.17, 15) is 0 Å². The van der Waals surface area contributed by atoms with Gasteiger partial charge in [-0.3, -0.25) is 0 Å². The fourth-order valence-electron chi connectivity index (χ4n) is 2.91. The minimum Gasteiger partial charge on any atom is -0.0645 e. The third-order valence-electron chi connectivity index (χ3n) is 3.67. The van der Waals surface area contributed by atoms with Gasteiger partial charge in [0.05, 0.1) is 0 Å². The molecule has 0 saturated carbocycles. The highest BCUT2D eigenvalue weighted by Crippen LogP contribution is 2.35. The maximum atomic E-state index is 2.41. The van der Waals surface area contributed by atoms with E-state index in [0.717, 1.165) is 0 Å². The van der Waals surface area contributed by atoms with Gasteiger partial charge in [0.15, 0.2) is 0 Å². The molecular weight excluding hydrogens is 192 g/mol. The quantitative estimate of drug-likeness (QED) is 0.590. The molecule has 0 nitrogen and oxygen atoms in total. The van der Waals surface area contributed by atoms with Gasteiger partial charge in [0.25, 0.3) is 0 Å². The zero-order valence-electron chi connectivity index (χ0n) is 11.6. The van der Waals surface area contributed by atoms with Crippen molar-refractivity contribution < 1.29 is 0 Å². The molecule has 0 heteroatoms. The van der Waals surface area contributed by atoms with E-state index in [1.807, 2.05) is 0 Å². The van der Waals surface area contributed by atoms with Gasteiger partial charge in [-0.1, -0.05) is 56.6 Å².